The molecule has 0 bridgehead atoms. The van der Waals surface area contributed by atoms with Gasteiger partial charge in [0.05, 0.1) is 22.4 Å². The zero-order valence-electron chi connectivity index (χ0n) is 9.75. The Hall–Kier alpha value is 0.1000. The summed E-state index contributed by atoms with van der Waals surface area (Å²) in [6.07, 6.45) is 1.03. The molecule has 1 saturated heterocycles. The van der Waals surface area contributed by atoms with E-state index in [0.29, 0.717) is 0 Å². The maximum atomic E-state index is 5.73. The third kappa shape index (κ3) is 1.86. The first-order valence-corrected chi connectivity index (χ1v) is 7.16. The van der Waals surface area contributed by atoms with E-state index in [1.54, 1.807) is 0 Å². The van der Waals surface area contributed by atoms with Crippen molar-refractivity contribution >= 4 is 27.3 Å². The van der Waals surface area contributed by atoms with Crippen LogP contribution in [-0.4, -0.2) is 19.8 Å². The second-order valence-corrected chi connectivity index (χ2v) is 7.56. The molecule has 0 atom stereocenters. The lowest BCUT2D eigenvalue weighted by Gasteiger charge is -2.52. The molecule has 2 N–H and O–H groups in total. The van der Waals surface area contributed by atoms with Gasteiger partial charge in [-0.15, -0.1) is 11.3 Å². The first-order valence-electron chi connectivity index (χ1n) is 5.55. The van der Waals surface area contributed by atoms with Crippen LogP contribution in [-0.2, 0) is 10.2 Å². The van der Waals surface area contributed by atoms with Crippen LogP contribution in [0.15, 0.2) is 15.9 Å². The second kappa shape index (κ2) is 4.41. The van der Waals surface area contributed by atoms with Gasteiger partial charge in [-0.1, -0.05) is 13.8 Å². The van der Waals surface area contributed by atoms with Crippen molar-refractivity contribution in [3.8, 4) is 0 Å². The molecule has 16 heavy (non-hydrogen) atoms. The molecule has 90 valence electrons. The average Bonchev–Trinajstić information content (AvgIpc) is 2.49. The summed E-state index contributed by atoms with van der Waals surface area (Å²) in [5.74, 6) is 0. The molecule has 2 nitrogen and oxygen atoms in total. The van der Waals surface area contributed by atoms with E-state index < -0.39 is 0 Å². The van der Waals surface area contributed by atoms with Gasteiger partial charge in [-0.3, -0.25) is 0 Å². The van der Waals surface area contributed by atoms with Gasteiger partial charge in [0.15, 0.2) is 0 Å². The summed E-state index contributed by atoms with van der Waals surface area (Å²) in [6.45, 7) is 6.99. The number of hydrogen-bond acceptors (Lipinski definition) is 3. The molecule has 0 amide bonds. The largest absolute Gasteiger partial charge is 0.379 e. The van der Waals surface area contributed by atoms with Gasteiger partial charge < -0.3 is 10.5 Å². The van der Waals surface area contributed by atoms with Crippen molar-refractivity contribution in [3.63, 3.8) is 0 Å². The number of rotatable bonds is 4. The zero-order chi connectivity index (χ0) is 11.8. The van der Waals surface area contributed by atoms with Gasteiger partial charge in [0.1, 0.15) is 0 Å². The van der Waals surface area contributed by atoms with Crippen molar-refractivity contribution in [1.82, 2.24) is 0 Å². The van der Waals surface area contributed by atoms with Crippen molar-refractivity contribution in [3.05, 3.63) is 20.8 Å². The first-order chi connectivity index (χ1) is 7.52. The maximum Gasteiger partial charge on any atom is 0.0701 e. The minimum absolute atomic E-state index is 0.170. The highest BCUT2D eigenvalue weighted by Crippen LogP contribution is 2.51. The van der Waals surface area contributed by atoms with Gasteiger partial charge in [0.2, 0.25) is 0 Å². The highest BCUT2D eigenvalue weighted by atomic mass is 79.9. The van der Waals surface area contributed by atoms with E-state index in [-0.39, 0.29) is 10.8 Å². The summed E-state index contributed by atoms with van der Waals surface area (Å²) in [6, 6.07) is 4.34. The summed E-state index contributed by atoms with van der Waals surface area (Å²) >= 11 is 5.36. The standard InChI is InChI=1S/C12H18BrNOS/c1-11(2,5-6-14)12(7-15-8-12)9-3-4-10(13)16-9/h3-4H,5-8,14H2,1-2H3. The molecule has 4 heteroatoms. The van der Waals surface area contributed by atoms with Crippen LogP contribution in [0.1, 0.15) is 25.1 Å². The normalized spacial score (nSPS) is 19.5. The summed E-state index contributed by atoms with van der Waals surface area (Å²) in [7, 11) is 0. The number of thiophene rings is 1. The molecule has 2 heterocycles. The molecule has 1 fully saturated rings. The highest BCUT2D eigenvalue weighted by molar-refractivity contribution is 9.11. The summed E-state index contributed by atoms with van der Waals surface area (Å²) in [4.78, 5) is 1.42. The van der Waals surface area contributed by atoms with Crippen LogP contribution < -0.4 is 5.73 Å². The maximum absolute atomic E-state index is 5.73. The Morgan fingerprint density at radius 1 is 1.50 bits per heavy atom. The average molecular weight is 304 g/mol. The van der Waals surface area contributed by atoms with E-state index >= 15 is 0 Å². The van der Waals surface area contributed by atoms with Crippen LogP contribution in [0.5, 0.6) is 0 Å². The van der Waals surface area contributed by atoms with Gasteiger partial charge in [0, 0.05) is 4.88 Å². The Kier molecular flexibility index (Phi) is 3.46. The summed E-state index contributed by atoms with van der Waals surface area (Å²) < 4.78 is 6.68. The minimum atomic E-state index is 0.170. The topological polar surface area (TPSA) is 35.2 Å². The third-order valence-corrected chi connectivity index (χ3v) is 5.63. The smallest absolute Gasteiger partial charge is 0.0701 e. The second-order valence-electron chi connectivity index (χ2n) is 5.10. The fourth-order valence-electron chi connectivity index (χ4n) is 2.34. The summed E-state index contributed by atoms with van der Waals surface area (Å²) in [5.41, 5.74) is 6.10. The fourth-order valence-corrected chi connectivity index (χ4v) is 4.07. The SMILES string of the molecule is CC(C)(CCN)C1(c2ccc(Br)s2)COC1. The Bertz CT molecular complexity index is 371. The van der Waals surface area contributed by atoms with Crippen LogP contribution in [0, 0.1) is 5.41 Å². The van der Waals surface area contributed by atoms with Crippen LogP contribution in [0.4, 0.5) is 0 Å². The first kappa shape index (κ1) is 12.6. The fraction of sp³-hybridized carbons (Fsp3) is 0.667. The molecule has 0 spiro atoms. The molecule has 1 aliphatic rings. The predicted octanol–water partition coefficient (Wildman–Crippen LogP) is 3.15. The van der Waals surface area contributed by atoms with Gasteiger partial charge in [-0.05, 0) is 46.4 Å². The molecule has 0 saturated carbocycles. The van der Waals surface area contributed by atoms with Gasteiger partial charge in [0.25, 0.3) is 0 Å². The lowest BCUT2D eigenvalue weighted by Crippen LogP contribution is -2.56. The molecule has 0 aromatic carbocycles. The lowest BCUT2D eigenvalue weighted by atomic mass is 9.61. The Morgan fingerprint density at radius 3 is 2.56 bits per heavy atom. The number of hydrogen-bond donors (Lipinski definition) is 1. The van der Waals surface area contributed by atoms with E-state index in [1.807, 2.05) is 11.3 Å². The van der Waals surface area contributed by atoms with E-state index in [2.05, 4.69) is 41.9 Å². The van der Waals surface area contributed by atoms with E-state index in [1.165, 1.54) is 8.66 Å². The molecule has 1 aromatic rings. The Labute approximate surface area is 109 Å². The molecule has 0 unspecified atom stereocenters. The van der Waals surface area contributed by atoms with Gasteiger partial charge >= 0.3 is 0 Å². The van der Waals surface area contributed by atoms with E-state index in [9.17, 15) is 0 Å². The van der Waals surface area contributed by atoms with Crippen LogP contribution in [0.3, 0.4) is 0 Å². The predicted molar refractivity (Wildman–Crippen MR) is 72.0 cm³/mol. The minimum Gasteiger partial charge on any atom is -0.379 e. The summed E-state index contributed by atoms with van der Waals surface area (Å²) in [5, 5.41) is 0. The van der Waals surface area contributed by atoms with E-state index in [4.69, 9.17) is 10.5 Å². The molecule has 1 aromatic heterocycles. The van der Waals surface area contributed by atoms with Crippen LogP contribution in [0.25, 0.3) is 0 Å². The van der Waals surface area contributed by atoms with Crippen molar-refractivity contribution in [2.24, 2.45) is 11.1 Å². The number of nitrogens with two attached hydrogens (primary N) is 1. The van der Waals surface area contributed by atoms with Crippen molar-refractivity contribution in [1.29, 1.82) is 0 Å². The Morgan fingerprint density at radius 2 is 2.19 bits per heavy atom. The molecular weight excluding hydrogens is 286 g/mol. The molecular formula is C12H18BrNOS. The van der Waals surface area contributed by atoms with Crippen molar-refractivity contribution in [2.45, 2.75) is 25.7 Å². The van der Waals surface area contributed by atoms with Crippen LogP contribution in [0.2, 0.25) is 0 Å². The highest BCUT2D eigenvalue weighted by Gasteiger charge is 2.52. The lowest BCUT2D eigenvalue weighted by molar-refractivity contribution is -0.119. The molecule has 0 aliphatic carbocycles. The number of ether oxygens (including phenoxy) is 1. The third-order valence-electron chi connectivity index (χ3n) is 3.81. The Balaban J connectivity index is 2.32. The quantitative estimate of drug-likeness (QED) is 0.927. The van der Waals surface area contributed by atoms with Crippen LogP contribution >= 0.6 is 27.3 Å². The van der Waals surface area contributed by atoms with Crippen molar-refractivity contribution in [2.75, 3.05) is 19.8 Å². The molecule has 0 radical (unpaired) electrons. The van der Waals surface area contributed by atoms with E-state index in [0.717, 1.165) is 26.2 Å². The molecule has 1 aliphatic heterocycles. The zero-order valence-corrected chi connectivity index (χ0v) is 12.2. The monoisotopic (exact) mass is 303 g/mol. The molecule has 2 rings (SSSR count). The van der Waals surface area contributed by atoms with Crippen molar-refractivity contribution < 1.29 is 4.74 Å². The van der Waals surface area contributed by atoms with Gasteiger partial charge in [-0.25, -0.2) is 0 Å². The van der Waals surface area contributed by atoms with Gasteiger partial charge in [-0.2, -0.15) is 0 Å². The number of halogens is 1.